The number of nitro benzene ring substituents is 1. The van der Waals surface area contributed by atoms with Crippen molar-refractivity contribution in [2.75, 3.05) is 26.1 Å². The summed E-state index contributed by atoms with van der Waals surface area (Å²) in [5.74, 6) is -0.534. The first-order chi connectivity index (χ1) is 14.8. The SMILES string of the molecule is COc1ccc([N+](=O)[O-])cc1/C=C1/SC(=O)N(CC(=O)Nc2ccccc2OC)C1=O. The summed E-state index contributed by atoms with van der Waals surface area (Å²) in [6, 6.07) is 10.6. The Labute approximate surface area is 181 Å². The van der Waals surface area contributed by atoms with Crippen LogP contribution in [0.4, 0.5) is 16.2 Å². The summed E-state index contributed by atoms with van der Waals surface area (Å²) in [5.41, 5.74) is 0.474. The summed E-state index contributed by atoms with van der Waals surface area (Å²) in [6.07, 6.45) is 1.33. The number of thioether (sulfide) groups is 1. The average molecular weight is 443 g/mol. The number of amides is 3. The van der Waals surface area contributed by atoms with Gasteiger partial charge in [-0.05, 0) is 36.0 Å². The molecule has 0 unspecified atom stereocenters. The number of para-hydroxylation sites is 2. The van der Waals surface area contributed by atoms with Crippen LogP contribution in [0, 0.1) is 10.1 Å². The highest BCUT2D eigenvalue weighted by Crippen LogP contribution is 2.35. The van der Waals surface area contributed by atoms with Crippen molar-refractivity contribution in [1.82, 2.24) is 4.90 Å². The molecule has 1 fully saturated rings. The van der Waals surface area contributed by atoms with Crippen molar-refractivity contribution < 1.29 is 28.8 Å². The molecular weight excluding hydrogens is 426 g/mol. The molecule has 10 nitrogen and oxygen atoms in total. The Morgan fingerprint density at radius 1 is 1.16 bits per heavy atom. The van der Waals surface area contributed by atoms with E-state index in [-0.39, 0.29) is 16.2 Å². The molecule has 1 aliphatic rings. The maximum Gasteiger partial charge on any atom is 0.294 e. The van der Waals surface area contributed by atoms with Crippen LogP contribution in [0.2, 0.25) is 0 Å². The summed E-state index contributed by atoms with van der Waals surface area (Å²) < 4.78 is 10.3. The second-order valence-corrected chi connectivity index (χ2v) is 7.19. The van der Waals surface area contributed by atoms with Gasteiger partial charge in [0.2, 0.25) is 5.91 Å². The van der Waals surface area contributed by atoms with Crippen LogP contribution in [0.25, 0.3) is 6.08 Å². The molecule has 0 aliphatic carbocycles. The molecule has 3 amide bonds. The van der Waals surface area contributed by atoms with Crippen LogP contribution >= 0.6 is 11.8 Å². The number of nitro groups is 1. The van der Waals surface area contributed by atoms with Crippen LogP contribution in [0.1, 0.15) is 5.56 Å². The fraction of sp³-hybridized carbons (Fsp3) is 0.150. The molecule has 11 heteroatoms. The molecule has 0 radical (unpaired) electrons. The molecule has 1 N–H and O–H groups in total. The lowest BCUT2D eigenvalue weighted by molar-refractivity contribution is -0.384. The van der Waals surface area contributed by atoms with Gasteiger partial charge in [-0.25, -0.2) is 0 Å². The summed E-state index contributed by atoms with van der Waals surface area (Å²) in [5, 5.41) is 13.0. The fourth-order valence-electron chi connectivity index (χ4n) is 2.81. The highest BCUT2D eigenvalue weighted by Gasteiger charge is 2.36. The van der Waals surface area contributed by atoms with E-state index in [9.17, 15) is 24.5 Å². The van der Waals surface area contributed by atoms with E-state index in [0.29, 0.717) is 28.9 Å². The number of ether oxygens (including phenoxy) is 2. The molecular formula is C20H17N3O7S. The summed E-state index contributed by atoms with van der Waals surface area (Å²) >= 11 is 0.634. The van der Waals surface area contributed by atoms with Crippen molar-refractivity contribution in [3.05, 3.63) is 63.0 Å². The number of non-ortho nitro benzene ring substituents is 1. The van der Waals surface area contributed by atoms with Gasteiger partial charge in [-0.15, -0.1) is 0 Å². The van der Waals surface area contributed by atoms with Crippen molar-refractivity contribution in [2.45, 2.75) is 0 Å². The van der Waals surface area contributed by atoms with Crippen LogP contribution in [0.3, 0.4) is 0 Å². The van der Waals surface area contributed by atoms with Crippen molar-refractivity contribution >= 4 is 46.3 Å². The zero-order chi connectivity index (χ0) is 22.5. The molecule has 0 saturated carbocycles. The largest absolute Gasteiger partial charge is 0.496 e. The zero-order valence-electron chi connectivity index (χ0n) is 16.5. The number of nitrogens with one attached hydrogen (secondary N) is 1. The molecule has 0 atom stereocenters. The van der Waals surface area contributed by atoms with Crippen LogP contribution in [0.15, 0.2) is 47.4 Å². The Morgan fingerprint density at radius 3 is 2.55 bits per heavy atom. The second kappa shape index (κ2) is 9.30. The lowest BCUT2D eigenvalue weighted by atomic mass is 10.1. The lowest BCUT2D eigenvalue weighted by Crippen LogP contribution is -2.36. The number of carbonyl (C=O) groups is 3. The zero-order valence-corrected chi connectivity index (χ0v) is 17.3. The normalized spacial score (nSPS) is 14.6. The van der Waals surface area contributed by atoms with Gasteiger partial charge in [-0.2, -0.15) is 0 Å². The predicted molar refractivity (Wildman–Crippen MR) is 114 cm³/mol. The number of hydrogen-bond acceptors (Lipinski definition) is 8. The molecule has 2 aromatic rings. The molecule has 2 aromatic carbocycles. The summed E-state index contributed by atoms with van der Waals surface area (Å²) in [7, 11) is 2.83. The molecule has 1 aliphatic heterocycles. The smallest absolute Gasteiger partial charge is 0.294 e. The maximum absolute atomic E-state index is 12.7. The maximum atomic E-state index is 12.7. The van der Waals surface area contributed by atoms with E-state index >= 15 is 0 Å². The Balaban J connectivity index is 1.79. The number of benzene rings is 2. The monoisotopic (exact) mass is 443 g/mol. The highest BCUT2D eigenvalue weighted by atomic mass is 32.2. The average Bonchev–Trinajstić information content (AvgIpc) is 3.01. The third-order valence-corrected chi connectivity index (χ3v) is 5.17. The third-order valence-electron chi connectivity index (χ3n) is 4.27. The lowest BCUT2D eigenvalue weighted by Gasteiger charge is -2.14. The van der Waals surface area contributed by atoms with Crippen molar-refractivity contribution in [2.24, 2.45) is 0 Å². The van der Waals surface area contributed by atoms with E-state index in [1.165, 1.54) is 38.5 Å². The van der Waals surface area contributed by atoms with Gasteiger partial charge >= 0.3 is 0 Å². The minimum Gasteiger partial charge on any atom is -0.496 e. The molecule has 160 valence electrons. The van der Waals surface area contributed by atoms with Crippen LogP contribution < -0.4 is 14.8 Å². The van der Waals surface area contributed by atoms with Gasteiger partial charge in [0, 0.05) is 17.7 Å². The number of rotatable bonds is 7. The standard InChI is InChI=1S/C20H17N3O7S/c1-29-15-8-7-13(23(27)28)9-12(15)10-17-19(25)22(20(26)31-17)11-18(24)21-14-5-3-4-6-16(14)30-2/h3-10H,11H2,1-2H3,(H,21,24)/b17-10+. The second-order valence-electron chi connectivity index (χ2n) is 6.20. The van der Waals surface area contributed by atoms with E-state index in [2.05, 4.69) is 5.32 Å². The van der Waals surface area contributed by atoms with Crippen LogP contribution in [0.5, 0.6) is 11.5 Å². The number of methoxy groups -OCH3 is 2. The molecule has 3 rings (SSSR count). The minimum absolute atomic E-state index is 0.0221. The Morgan fingerprint density at radius 2 is 1.87 bits per heavy atom. The van der Waals surface area contributed by atoms with Gasteiger partial charge in [0.05, 0.1) is 29.7 Å². The summed E-state index contributed by atoms with van der Waals surface area (Å²) in [6.45, 7) is -0.494. The number of anilines is 1. The topological polar surface area (TPSA) is 128 Å². The van der Waals surface area contributed by atoms with Gasteiger partial charge in [0.25, 0.3) is 16.8 Å². The van der Waals surface area contributed by atoms with Crippen molar-refractivity contribution in [3.8, 4) is 11.5 Å². The Hall–Kier alpha value is -3.86. The van der Waals surface area contributed by atoms with E-state index in [1.54, 1.807) is 24.3 Å². The number of nitrogens with zero attached hydrogens (tertiary/aromatic N) is 2. The Bertz CT molecular complexity index is 1100. The Kier molecular flexibility index (Phi) is 6.55. The van der Waals surface area contributed by atoms with E-state index in [1.807, 2.05) is 0 Å². The number of imide groups is 1. The minimum atomic E-state index is -0.682. The highest BCUT2D eigenvalue weighted by molar-refractivity contribution is 8.18. The molecule has 1 heterocycles. The third kappa shape index (κ3) is 4.83. The van der Waals surface area contributed by atoms with Gasteiger partial charge in [-0.3, -0.25) is 29.4 Å². The van der Waals surface area contributed by atoms with E-state index in [0.717, 1.165) is 4.90 Å². The van der Waals surface area contributed by atoms with Crippen molar-refractivity contribution in [3.63, 3.8) is 0 Å². The molecule has 31 heavy (non-hydrogen) atoms. The van der Waals surface area contributed by atoms with Crippen LogP contribution in [-0.2, 0) is 9.59 Å². The first-order valence-corrected chi connectivity index (χ1v) is 9.66. The predicted octanol–water partition coefficient (Wildman–Crippen LogP) is 3.29. The van der Waals surface area contributed by atoms with Crippen LogP contribution in [-0.4, -0.2) is 47.6 Å². The van der Waals surface area contributed by atoms with Gasteiger partial charge < -0.3 is 14.8 Å². The van der Waals surface area contributed by atoms with Gasteiger partial charge in [-0.1, -0.05) is 12.1 Å². The van der Waals surface area contributed by atoms with E-state index in [4.69, 9.17) is 9.47 Å². The summed E-state index contributed by atoms with van der Waals surface area (Å²) in [4.78, 5) is 48.6. The first kappa shape index (κ1) is 21.8. The number of hydrogen-bond donors (Lipinski definition) is 1. The fourth-order valence-corrected chi connectivity index (χ4v) is 3.64. The molecule has 0 aromatic heterocycles. The van der Waals surface area contributed by atoms with Gasteiger partial charge in [0.15, 0.2) is 0 Å². The quantitative estimate of drug-likeness (QED) is 0.392. The molecule has 0 spiro atoms. The van der Waals surface area contributed by atoms with E-state index < -0.39 is 28.5 Å². The first-order valence-electron chi connectivity index (χ1n) is 8.84. The molecule has 1 saturated heterocycles. The molecule has 0 bridgehead atoms. The van der Waals surface area contributed by atoms with Crippen molar-refractivity contribution in [1.29, 1.82) is 0 Å². The number of carbonyl (C=O) groups excluding carboxylic acids is 3. The van der Waals surface area contributed by atoms with Gasteiger partial charge in [0.1, 0.15) is 18.0 Å².